The molecule has 0 aromatic carbocycles. The number of pyridine rings is 2. The highest BCUT2D eigenvalue weighted by atomic mass is 16.4. The zero-order valence-electron chi connectivity index (χ0n) is 10.5. The molecule has 100 valence electrons. The van der Waals surface area contributed by atoms with Crippen LogP contribution in [-0.4, -0.2) is 14.5 Å². The van der Waals surface area contributed by atoms with Crippen molar-refractivity contribution in [2.24, 2.45) is 0 Å². The van der Waals surface area contributed by atoms with Crippen molar-refractivity contribution < 1.29 is 4.42 Å². The van der Waals surface area contributed by atoms with E-state index in [0.29, 0.717) is 11.8 Å². The first kappa shape index (κ1) is 12.3. The van der Waals surface area contributed by atoms with Gasteiger partial charge in [-0.2, -0.15) is 0 Å². The summed E-state index contributed by atoms with van der Waals surface area (Å²) in [5, 5.41) is 0.356. The number of aryl methyl sites for hydroxylation is 1. The number of rotatable bonds is 3. The average molecular weight is 269 g/mol. The Hall–Kier alpha value is -2.76. The number of hydrogen-bond donors (Lipinski definition) is 0. The zero-order chi connectivity index (χ0) is 13.9. The van der Waals surface area contributed by atoms with Crippen LogP contribution in [0.25, 0.3) is 11.0 Å². The van der Waals surface area contributed by atoms with Gasteiger partial charge in [0.1, 0.15) is 0 Å². The van der Waals surface area contributed by atoms with Gasteiger partial charge < -0.3 is 4.42 Å². The minimum absolute atomic E-state index is 0.211. The van der Waals surface area contributed by atoms with Gasteiger partial charge in [-0.05, 0) is 30.2 Å². The van der Waals surface area contributed by atoms with Gasteiger partial charge in [-0.25, -0.2) is 9.36 Å². The molecule has 0 aliphatic rings. The number of fused-ring (bicyclic) bond motifs is 1. The lowest BCUT2D eigenvalue weighted by atomic mass is 10.2. The van der Waals surface area contributed by atoms with Gasteiger partial charge in [-0.3, -0.25) is 14.8 Å². The van der Waals surface area contributed by atoms with E-state index in [1.54, 1.807) is 18.5 Å². The molecule has 0 spiro atoms. The second kappa shape index (κ2) is 5.08. The van der Waals surface area contributed by atoms with Crippen LogP contribution in [0.4, 0.5) is 0 Å². The molecule has 3 heterocycles. The lowest BCUT2D eigenvalue weighted by Crippen LogP contribution is -2.33. The number of aromatic nitrogens is 3. The van der Waals surface area contributed by atoms with Crippen LogP contribution in [0.1, 0.15) is 5.56 Å². The molecule has 0 aliphatic heterocycles. The van der Waals surface area contributed by atoms with Crippen molar-refractivity contribution in [1.82, 2.24) is 14.5 Å². The van der Waals surface area contributed by atoms with E-state index in [9.17, 15) is 9.59 Å². The van der Waals surface area contributed by atoms with E-state index < -0.39 is 5.76 Å². The van der Waals surface area contributed by atoms with Gasteiger partial charge in [-0.1, -0.05) is 0 Å². The Morgan fingerprint density at radius 1 is 1.05 bits per heavy atom. The monoisotopic (exact) mass is 269 g/mol. The zero-order valence-corrected chi connectivity index (χ0v) is 10.5. The molecule has 0 bridgehead atoms. The van der Waals surface area contributed by atoms with E-state index in [1.807, 2.05) is 12.1 Å². The van der Waals surface area contributed by atoms with Gasteiger partial charge in [0.2, 0.25) is 0 Å². The first-order valence-electron chi connectivity index (χ1n) is 6.12. The molecule has 0 aliphatic carbocycles. The lowest BCUT2D eigenvalue weighted by molar-refractivity contribution is 0.455. The normalized spacial score (nSPS) is 10.8. The fraction of sp³-hybridized carbons (Fsp3) is 0.143. The summed E-state index contributed by atoms with van der Waals surface area (Å²) in [6.07, 6.45) is 6.77. The standard InChI is InChI=1S/C14H11N3O3/c18-13-11-3-7-16-9-12(11)20-14(19)17(13)8-4-10-1-5-15-6-2-10/h1-3,5-7,9H,4,8H2. The van der Waals surface area contributed by atoms with E-state index in [1.165, 1.54) is 12.4 Å². The van der Waals surface area contributed by atoms with Crippen LogP contribution in [0, 0.1) is 0 Å². The third kappa shape index (κ3) is 2.23. The van der Waals surface area contributed by atoms with Gasteiger partial charge >= 0.3 is 5.76 Å². The minimum Gasteiger partial charge on any atom is -0.407 e. The minimum atomic E-state index is -0.662. The van der Waals surface area contributed by atoms with Crippen molar-refractivity contribution in [3.63, 3.8) is 0 Å². The maximum atomic E-state index is 12.2. The Kier molecular flexibility index (Phi) is 3.12. The van der Waals surface area contributed by atoms with Gasteiger partial charge in [0.15, 0.2) is 5.58 Å². The van der Waals surface area contributed by atoms with Crippen molar-refractivity contribution in [3.05, 3.63) is 69.5 Å². The van der Waals surface area contributed by atoms with Crippen LogP contribution >= 0.6 is 0 Å². The Balaban J connectivity index is 2.00. The van der Waals surface area contributed by atoms with E-state index in [-0.39, 0.29) is 17.7 Å². The van der Waals surface area contributed by atoms with Crippen LogP contribution < -0.4 is 11.3 Å². The van der Waals surface area contributed by atoms with Crippen molar-refractivity contribution in [2.45, 2.75) is 13.0 Å². The van der Waals surface area contributed by atoms with E-state index >= 15 is 0 Å². The molecule has 20 heavy (non-hydrogen) atoms. The molecule has 0 N–H and O–H groups in total. The number of nitrogens with zero attached hydrogens (tertiary/aromatic N) is 3. The second-order valence-electron chi connectivity index (χ2n) is 4.30. The first-order valence-corrected chi connectivity index (χ1v) is 6.12. The molecule has 6 heteroatoms. The molecule has 0 amide bonds. The van der Waals surface area contributed by atoms with Crippen LogP contribution in [0.2, 0.25) is 0 Å². The predicted octanol–water partition coefficient (Wildman–Crippen LogP) is 0.987. The third-order valence-corrected chi connectivity index (χ3v) is 3.05. The topological polar surface area (TPSA) is 78.0 Å². The molecular weight excluding hydrogens is 258 g/mol. The summed E-state index contributed by atoms with van der Waals surface area (Å²) in [6, 6.07) is 5.23. The Morgan fingerprint density at radius 2 is 1.80 bits per heavy atom. The van der Waals surface area contributed by atoms with Gasteiger partial charge in [0.05, 0.1) is 11.6 Å². The smallest absolute Gasteiger partial charge is 0.407 e. The van der Waals surface area contributed by atoms with Crippen LogP contribution in [0.5, 0.6) is 0 Å². The van der Waals surface area contributed by atoms with Crippen LogP contribution in [0.15, 0.2) is 57.0 Å². The summed E-state index contributed by atoms with van der Waals surface area (Å²) in [4.78, 5) is 31.8. The average Bonchev–Trinajstić information content (AvgIpc) is 2.48. The van der Waals surface area contributed by atoms with Crippen molar-refractivity contribution in [1.29, 1.82) is 0 Å². The highest BCUT2D eigenvalue weighted by Crippen LogP contribution is 2.04. The highest BCUT2D eigenvalue weighted by Gasteiger charge is 2.09. The SMILES string of the molecule is O=c1oc2cnccc2c(=O)n1CCc1ccncc1. The van der Waals surface area contributed by atoms with E-state index in [4.69, 9.17) is 4.42 Å². The molecule has 0 unspecified atom stereocenters. The molecule has 0 saturated heterocycles. The van der Waals surface area contributed by atoms with Gasteiger partial charge in [0.25, 0.3) is 5.56 Å². The quantitative estimate of drug-likeness (QED) is 0.708. The van der Waals surface area contributed by atoms with E-state index in [2.05, 4.69) is 9.97 Å². The number of hydrogen-bond acceptors (Lipinski definition) is 5. The molecule has 0 fully saturated rings. The van der Waals surface area contributed by atoms with Crippen LogP contribution in [0.3, 0.4) is 0 Å². The molecule has 6 nitrogen and oxygen atoms in total. The second-order valence-corrected chi connectivity index (χ2v) is 4.30. The molecule has 0 atom stereocenters. The summed E-state index contributed by atoms with van der Waals surface area (Å²) >= 11 is 0. The maximum Gasteiger partial charge on any atom is 0.422 e. The highest BCUT2D eigenvalue weighted by molar-refractivity contribution is 5.73. The molecule has 0 radical (unpaired) electrons. The Labute approximate surface area is 113 Å². The largest absolute Gasteiger partial charge is 0.422 e. The fourth-order valence-electron chi connectivity index (χ4n) is 2.00. The van der Waals surface area contributed by atoms with Gasteiger partial charge in [0, 0.05) is 25.1 Å². The summed E-state index contributed by atoms with van der Waals surface area (Å²) < 4.78 is 6.19. The van der Waals surface area contributed by atoms with Crippen molar-refractivity contribution in [3.8, 4) is 0 Å². The first-order chi connectivity index (χ1) is 9.75. The van der Waals surface area contributed by atoms with Crippen LogP contribution in [-0.2, 0) is 13.0 Å². The fourth-order valence-corrected chi connectivity index (χ4v) is 2.00. The van der Waals surface area contributed by atoms with Crippen molar-refractivity contribution >= 4 is 11.0 Å². The summed E-state index contributed by atoms with van der Waals surface area (Å²) in [7, 11) is 0. The molecular formula is C14H11N3O3. The molecule has 3 aromatic heterocycles. The maximum absolute atomic E-state index is 12.2. The summed E-state index contributed by atoms with van der Waals surface area (Å²) in [5.74, 6) is -0.662. The lowest BCUT2D eigenvalue weighted by Gasteiger charge is -2.05. The Morgan fingerprint density at radius 3 is 2.60 bits per heavy atom. The summed E-state index contributed by atoms with van der Waals surface area (Å²) in [5.41, 5.74) is 0.858. The van der Waals surface area contributed by atoms with Gasteiger partial charge in [-0.15, -0.1) is 0 Å². The third-order valence-electron chi connectivity index (χ3n) is 3.05. The predicted molar refractivity (Wildman–Crippen MR) is 72.5 cm³/mol. The molecule has 3 aromatic rings. The molecule has 0 saturated carbocycles. The summed E-state index contributed by atoms with van der Waals surface area (Å²) in [6.45, 7) is 0.267. The van der Waals surface area contributed by atoms with E-state index in [0.717, 1.165) is 10.1 Å². The Bertz CT molecular complexity index is 853. The molecule has 3 rings (SSSR count). The van der Waals surface area contributed by atoms with Crippen molar-refractivity contribution in [2.75, 3.05) is 0 Å².